The van der Waals surface area contributed by atoms with Crippen molar-refractivity contribution in [2.75, 3.05) is 6.61 Å². The number of ether oxygens (including phenoxy) is 2. The molecule has 0 bridgehead atoms. The molecule has 5 nitrogen and oxygen atoms in total. The van der Waals surface area contributed by atoms with E-state index >= 15 is 0 Å². The number of para-hydroxylation sites is 2. The Balaban J connectivity index is 1.62. The molecular formula is C15H16N2O3. The molecule has 0 aromatic heterocycles. The first-order chi connectivity index (χ1) is 9.72. The predicted octanol–water partition coefficient (Wildman–Crippen LogP) is 2.04. The Labute approximate surface area is 117 Å². The van der Waals surface area contributed by atoms with Crippen LogP contribution < -0.4 is 14.9 Å². The summed E-state index contributed by atoms with van der Waals surface area (Å²) in [4.78, 5) is 12.0. The minimum atomic E-state index is -0.666. The molecule has 0 saturated heterocycles. The number of nitrogens with zero attached hydrogens (tertiary/aromatic N) is 1. The van der Waals surface area contributed by atoms with E-state index in [-0.39, 0.29) is 12.5 Å². The van der Waals surface area contributed by atoms with E-state index in [1.54, 1.807) is 6.07 Å². The van der Waals surface area contributed by atoms with Crippen LogP contribution >= 0.6 is 0 Å². The number of allylic oxidation sites excluding steroid dienone is 2. The largest absolute Gasteiger partial charge is 0.485 e. The summed E-state index contributed by atoms with van der Waals surface area (Å²) >= 11 is 0. The fourth-order valence-electron chi connectivity index (χ4n) is 2.19. The minimum absolute atomic E-state index is 0.197. The van der Waals surface area contributed by atoms with E-state index in [0.717, 1.165) is 18.6 Å². The van der Waals surface area contributed by atoms with Crippen molar-refractivity contribution in [3.05, 3.63) is 35.9 Å². The van der Waals surface area contributed by atoms with Gasteiger partial charge in [-0.25, -0.2) is 5.43 Å². The highest BCUT2D eigenvalue weighted by Gasteiger charge is 2.27. The summed E-state index contributed by atoms with van der Waals surface area (Å²) in [7, 11) is 0. The Bertz CT molecular complexity index is 593. The van der Waals surface area contributed by atoms with Crippen LogP contribution in [0.2, 0.25) is 0 Å². The van der Waals surface area contributed by atoms with Crippen molar-refractivity contribution >= 4 is 11.6 Å². The van der Waals surface area contributed by atoms with E-state index in [2.05, 4.69) is 17.5 Å². The molecule has 20 heavy (non-hydrogen) atoms. The number of carbonyl (C=O) groups excluding carboxylic acids is 1. The SMILES string of the molecule is CC1=CC(=NNC(=O)[C@H]2COc3ccccc3O2)CC1. The van der Waals surface area contributed by atoms with E-state index in [9.17, 15) is 4.79 Å². The van der Waals surface area contributed by atoms with Crippen LogP contribution in [0.15, 0.2) is 41.0 Å². The number of fused-ring (bicyclic) bond motifs is 1. The van der Waals surface area contributed by atoms with Crippen molar-refractivity contribution < 1.29 is 14.3 Å². The first kappa shape index (κ1) is 12.7. The molecule has 1 aromatic rings. The molecule has 1 heterocycles. The third-order valence-corrected chi connectivity index (χ3v) is 3.30. The Kier molecular flexibility index (Phi) is 3.41. The summed E-state index contributed by atoms with van der Waals surface area (Å²) in [6.07, 6.45) is 3.20. The second kappa shape index (κ2) is 5.36. The van der Waals surface area contributed by atoms with Crippen molar-refractivity contribution in [2.24, 2.45) is 5.10 Å². The third kappa shape index (κ3) is 2.66. The number of rotatable bonds is 2. The van der Waals surface area contributed by atoms with E-state index in [1.807, 2.05) is 24.3 Å². The quantitative estimate of drug-likeness (QED) is 0.838. The Morgan fingerprint density at radius 2 is 2.10 bits per heavy atom. The van der Waals surface area contributed by atoms with Crippen LogP contribution in [0.25, 0.3) is 0 Å². The fourth-order valence-corrected chi connectivity index (χ4v) is 2.19. The Morgan fingerprint density at radius 3 is 2.85 bits per heavy atom. The molecule has 0 radical (unpaired) electrons. The molecule has 1 N–H and O–H groups in total. The highest BCUT2D eigenvalue weighted by atomic mass is 16.6. The monoisotopic (exact) mass is 272 g/mol. The third-order valence-electron chi connectivity index (χ3n) is 3.30. The zero-order valence-electron chi connectivity index (χ0n) is 11.3. The summed E-state index contributed by atoms with van der Waals surface area (Å²) in [5.74, 6) is 0.963. The van der Waals surface area contributed by atoms with Gasteiger partial charge < -0.3 is 9.47 Å². The Hall–Kier alpha value is -2.30. The summed E-state index contributed by atoms with van der Waals surface area (Å²) in [6, 6.07) is 7.30. The normalized spacial score (nSPS) is 22.6. The van der Waals surface area contributed by atoms with Crippen LogP contribution in [0.3, 0.4) is 0 Å². The second-order valence-corrected chi connectivity index (χ2v) is 4.93. The van der Waals surface area contributed by atoms with Gasteiger partial charge in [-0.05, 0) is 38.0 Å². The van der Waals surface area contributed by atoms with Gasteiger partial charge in [-0.1, -0.05) is 17.7 Å². The number of hydrogen-bond acceptors (Lipinski definition) is 4. The first-order valence-electron chi connectivity index (χ1n) is 6.64. The summed E-state index contributed by atoms with van der Waals surface area (Å²) in [6.45, 7) is 2.25. The molecule has 3 rings (SSSR count). The maximum Gasteiger partial charge on any atom is 0.284 e. The van der Waals surface area contributed by atoms with E-state index < -0.39 is 6.10 Å². The van der Waals surface area contributed by atoms with Gasteiger partial charge in [0.05, 0.1) is 5.71 Å². The van der Waals surface area contributed by atoms with Crippen LogP contribution in [0.5, 0.6) is 11.5 Å². The average Bonchev–Trinajstić information content (AvgIpc) is 2.90. The number of benzene rings is 1. The van der Waals surface area contributed by atoms with Crippen LogP contribution in [-0.2, 0) is 4.79 Å². The van der Waals surface area contributed by atoms with Crippen molar-refractivity contribution in [2.45, 2.75) is 25.9 Å². The van der Waals surface area contributed by atoms with Crippen molar-refractivity contribution in [1.29, 1.82) is 0 Å². The molecule has 0 unspecified atom stereocenters. The van der Waals surface area contributed by atoms with Crippen molar-refractivity contribution in [3.63, 3.8) is 0 Å². The number of amides is 1. The average molecular weight is 272 g/mol. The molecule has 0 saturated carbocycles. The molecule has 1 amide bonds. The van der Waals surface area contributed by atoms with Gasteiger partial charge in [0, 0.05) is 0 Å². The summed E-state index contributed by atoms with van der Waals surface area (Å²) in [5.41, 5.74) is 4.72. The van der Waals surface area contributed by atoms with Gasteiger partial charge >= 0.3 is 0 Å². The van der Waals surface area contributed by atoms with Gasteiger partial charge in [0.1, 0.15) is 6.61 Å². The number of carbonyl (C=O) groups is 1. The van der Waals surface area contributed by atoms with Gasteiger partial charge in [-0.15, -0.1) is 0 Å². The predicted molar refractivity (Wildman–Crippen MR) is 74.9 cm³/mol. The molecule has 2 aliphatic rings. The second-order valence-electron chi connectivity index (χ2n) is 4.93. The highest BCUT2D eigenvalue weighted by molar-refractivity contribution is 5.98. The molecule has 5 heteroatoms. The maximum atomic E-state index is 12.0. The topological polar surface area (TPSA) is 59.9 Å². The number of hydrazone groups is 1. The molecule has 0 spiro atoms. The highest BCUT2D eigenvalue weighted by Crippen LogP contribution is 2.30. The molecule has 1 atom stereocenters. The van der Waals surface area contributed by atoms with Gasteiger partial charge in [0.15, 0.2) is 11.5 Å². The molecule has 0 fully saturated rings. The van der Waals surface area contributed by atoms with Crippen molar-refractivity contribution in [1.82, 2.24) is 5.43 Å². The molecule has 1 aliphatic heterocycles. The van der Waals surface area contributed by atoms with E-state index in [1.165, 1.54) is 5.57 Å². The smallest absolute Gasteiger partial charge is 0.284 e. The minimum Gasteiger partial charge on any atom is -0.485 e. The molecule has 104 valence electrons. The molecule has 1 aromatic carbocycles. The molecule has 1 aliphatic carbocycles. The van der Waals surface area contributed by atoms with E-state index in [4.69, 9.17) is 9.47 Å². The van der Waals surface area contributed by atoms with E-state index in [0.29, 0.717) is 11.5 Å². The lowest BCUT2D eigenvalue weighted by molar-refractivity contribution is -0.130. The first-order valence-corrected chi connectivity index (χ1v) is 6.64. The summed E-state index contributed by atoms with van der Waals surface area (Å²) in [5, 5.41) is 4.11. The molecular weight excluding hydrogens is 256 g/mol. The fraction of sp³-hybridized carbons (Fsp3) is 0.333. The zero-order chi connectivity index (χ0) is 13.9. The lowest BCUT2D eigenvalue weighted by Gasteiger charge is -2.24. The maximum absolute atomic E-state index is 12.0. The lowest BCUT2D eigenvalue weighted by atomic mass is 10.2. The van der Waals surface area contributed by atoms with Crippen molar-refractivity contribution in [3.8, 4) is 11.5 Å². The van der Waals surface area contributed by atoms with Gasteiger partial charge in [0.2, 0.25) is 6.10 Å². The Morgan fingerprint density at radius 1 is 1.30 bits per heavy atom. The number of nitrogens with one attached hydrogen (secondary N) is 1. The standard InChI is InChI=1S/C15H16N2O3/c1-10-6-7-11(8-10)16-17-15(18)14-9-19-12-4-2-3-5-13(12)20-14/h2-5,8,14H,6-7,9H2,1H3,(H,17,18)/t14-/m1/s1. The summed E-state index contributed by atoms with van der Waals surface area (Å²) < 4.78 is 11.1. The van der Waals surface area contributed by atoms with Crippen LogP contribution in [0.4, 0.5) is 0 Å². The van der Waals surface area contributed by atoms with Gasteiger partial charge in [0.25, 0.3) is 5.91 Å². The van der Waals surface area contributed by atoms with Crippen LogP contribution in [-0.4, -0.2) is 24.3 Å². The van der Waals surface area contributed by atoms with Gasteiger partial charge in [-0.2, -0.15) is 5.10 Å². The zero-order valence-corrected chi connectivity index (χ0v) is 11.3. The lowest BCUT2D eigenvalue weighted by Crippen LogP contribution is -2.42. The van der Waals surface area contributed by atoms with Crippen LogP contribution in [0.1, 0.15) is 19.8 Å². The number of hydrogen-bond donors (Lipinski definition) is 1. The van der Waals surface area contributed by atoms with Gasteiger partial charge in [-0.3, -0.25) is 4.79 Å². The van der Waals surface area contributed by atoms with Crippen LogP contribution in [0, 0.1) is 0 Å².